The summed E-state index contributed by atoms with van der Waals surface area (Å²) in [6.45, 7) is 10.4. The van der Waals surface area contributed by atoms with Crippen LogP contribution in [0.3, 0.4) is 0 Å². The lowest BCUT2D eigenvalue weighted by Gasteiger charge is -2.38. The summed E-state index contributed by atoms with van der Waals surface area (Å²) in [5.41, 5.74) is 3.04. The third-order valence-electron chi connectivity index (χ3n) is 5.91. The van der Waals surface area contributed by atoms with Gasteiger partial charge in [0.15, 0.2) is 5.69 Å². The summed E-state index contributed by atoms with van der Waals surface area (Å²) in [6.07, 6.45) is 0. The Morgan fingerprint density at radius 2 is 1.77 bits per heavy atom. The fraction of sp³-hybridized carbons (Fsp3) is 0.375. The highest BCUT2D eigenvalue weighted by molar-refractivity contribution is 6.04. The van der Waals surface area contributed by atoms with E-state index in [0.717, 1.165) is 37.4 Å². The maximum absolute atomic E-state index is 12.9. The minimum Gasteiger partial charge on any atom is -0.369 e. The van der Waals surface area contributed by atoms with Gasteiger partial charge in [-0.15, -0.1) is 0 Å². The summed E-state index contributed by atoms with van der Waals surface area (Å²) in [7, 11) is 1.74. The first-order valence-electron chi connectivity index (χ1n) is 10.7. The van der Waals surface area contributed by atoms with Gasteiger partial charge < -0.3 is 10.2 Å². The van der Waals surface area contributed by atoms with Gasteiger partial charge in [0.2, 0.25) is 5.43 Å². The number of carbonyl (C=O) groups excluding carboxylic acids is 1. The number of nitrogens with zero attached hydrogens (tertiary/aromatic N) is 4. The van der Waals surface area contributed by atoms with E-state index in [2.05, 4.69) is 40.1 Å². The monoisotopic (exact) mass is 419 g/mol. The molecule has 0 radical (unpaired) electrons. The van der Waals surface area contributed by atoms with Crippen LogP contribution < -0.4 is 15.6 Å². The zero-order valence-electron chi connectivity index (χ0n) is 18.6. The zero-order valence-corrected chi connectivity index (χ0v) is 18.6. The minimum atomic E-state index is -0.493. The Morgan fingerprint density at radius 1 is 1.06 bits per heavy atom. The molecule has 1 amide bonds. The maximum atomic E-state index is 12.9. The molecule has 0 unspecified atom stereocenters. The topological polar surface area (TPSA) is 70.5 Å². The fourth-order valence-electron chi connectivity index (χ4n) is 4.18. The summed E-state index contributed by atoms with van der Waals surface area (Å²) >= 11 is 0. The van der Waals surface area contributed by atoms with Gasteiger partial charge in [0, 0.05) is 56.0 Å². The van der Waals surface area contributed by atoms with Crippen LogP contribution in [0.2, 0.25) is 0 Å². The van der Waals surface area contributed by atoms with E-state index in [0.29, 0.717) is 22.6 Å². The van der Waals surface area contributed by atoms with Gasteiger partial charge in [-0.2, -0.15) is 5.10 Å². The molecule has 1 aromatic heterocycles. The van der Waals surface area contributed by atoms with Crippen LogP contribution in [0.4, 0.5) is 11.4 Å². The van der Waals surface area contributed by atoms with Crippen molar-refractivity contribution in [1.29, 1.82) is 0 Å². The van der Waals surface area contributed by atoms with Gasteiger partial charge in [-0.25, -0.2) is 0 Å². The number of nitrogens with one attached hydrogen (secondary N) is 1. The van der Waals surface area contributed by atoms with E-state index < -0.39 is 5.91 Å². The Kier molecular flexibility index (Phi) is 5.78. The van der Waals surface area contributed by atoms with Gasteiger partial charge >= 0.3 is 0 Å². The molecular weight excluding hydrogens is 390 g/mol. The smallest absolute Gasteiger partial charge is 0.280 e. The number of para-hydroxylation sites is 1. The van der Waals surface area contributed by atoms with Crippen LogP contribution in [0.25, 0.3) is 10.9 Å². The summed E-state index contributed by atoms with van der Waals surface area (Å²) in [6, 6.07) is 13.7. The number of aromatic nitrogens is 2. The first kappa shape index (κ1) is 21.1. The van der Waals surface area contributed by atoms with Crippen molar-refractivity contribution in [1.82, 2.24) is 14.7 Å². The van der Waals surface area contributed by atoms with E-state index >= 15 is 0 Å². The van der Waals surface area contributed by atoms with Gasteiger partial charge in [-0.3, -0.25) is 19.2 Å². The Labute approximate surface area is 182 Å². The van der Waals surface area contributed by atoms with E-state index in [1.54, 1.807) is 23.9 Å². The maximum Gasteiger partial charge on any atom is 0.280 e. The predicted molar refractivity (Wildman–Crippen MR) is 125 cm³/mol. The molecule has 3 aromatic rings. The summed E-state index contributed by atoms with van der Waals surface area (Å²) in [5, 5.41) is 7.60. The van der Waals surface area contributed by atoms with Crippen LogP contribution in [-0.2, 0) is 7.05 Å². The van der Waals surface area contributed by atoms with Gasteiger partial charge in [-0.05, 0) is 56.7 Å². The number of fused-ring (bicyclic) bond motifs is 1. The van der Waals surface area contributed by atoms with Crippen molar-refractivity contribution in [2.45, 2.75) is 26.8 Å². The molecule has 2 heterocycles. The molecule has 7 heteroatoms. The molecule has 0 atom stereocenters. The second-order valence-corrected chi connectivity index (χ2v) is 8.45. The van der Waals surface area contributed by atoms with Crippen LogP contribution >= 0.6 is 0 Å². The number of hydrogen-bond donors (Lipinski definition) is 1. The van der Waals surface area contributed by atoms with E-state index in [4.69, 9.17) is 0 Å². The van der Waals surface area contributed by atoms with E-state index in [9.17, 15) is 9.59 Å². The number of aryl methyl sites for hydroxylation is 2. The zero-order chi connectivity index (χ0) is 22.1. The molecular formula is C24H29N5O2. The van der Waals surface area contributed by atoms with E-state index in [-0.39, 0.29) is 11.1 Å². The molecule has 7 nitrogen and oxygen atoms in total. The Morgan fingerprint density at radius 3 is 2.48 bits per heavy atom. The van der Waals surface area contributed by atoms with Crippen molar-refractivity contribution in [3.8, 4) is 0 Å². The molecule has 0 bridgehead atoms. The molecule has 1 N–H and O–H groups in total. The largest absolute Gasteiger partial charge is 0.369 e. The normalized spacial score (nSPS) is 14.9. The summed E-state index contributed by atoms with van der Waals surface area (Å²) in [4.78, 5) is 30.6. The molecule has 1 saturated heterocycles. The Balaban J connectivity index is 1.58. The van der Waals surface area contributed by atoms with Gasteiger partial charge in [0.05, 0.1) is 5.52 Å². The molecule has 1 aliphatic rings. The lowest BCUT2D eigenvalue weighted by Crippen LogP contribution is -2.48. The second-order valence-electron chi connectivity index (χ2n) is 8.45. The van der Waals surface area contributed by atoms with Crippen molar-refractivity contribution < 1.29 is 4.79 Å². The number of anilines is 2. The first-order chi connectivity index (χ1) is 14.8. The van der Waals surface area contributed by atoms with Crippen LogP contribution in [-0.4, -0.2) is 52.8 Å². The average molecular weight is 420 g/mol. The molecule has 4 rings (SSSR count). The molecule has 162 valence electrons. The minimum absolute atomic E-state index is 0.102. The molecule has 0 aliphatic carbocycles. The fourth-order valence-corrected chi connectivity index (χ4v) is 4.18. The number of hydrogen-bond acceptors (Lipinski definition) is 5. The van der Waals surface area contributed by atoms with Crippen LogP contribution in [0.1, 0.15) is 29.9 Å². The predicted octanol–water partition coefficient (Wildman–Crippen LogP) is 3.02. The second kappa shape index (κ2) is 8.51. The van der Waals surface area contributed by atoms with Crippen molar-refractivity contribution >= 4 is 28.2 Å². The van der Waals surface area contributed by atoms with Crippen molar-refractivity contribution in [2.24, 2.45) is 7.05 Å². The van der Waals surface area contributed by atoms with Crippen molar-refractivity contribution in [3.63, 3.8) is 0 Å². The van der Waals surface area contributed by atoms with E-state index in [1.165, 1.54) is 0 Å². The molecule has 1 fully saturated rings. The van der Waals surface area contributed by atoms with Gasteiger partial charge in [0.25, 0.3) is 5.91 Å². The summed E-state index contributed by atoms with van der Waals surface area (Å²) in [5.74, 6) is -0.493. The standard InChI is InChI=1S/C24H29N5O2/c1-16(2)28-9-11-29(12-10-28)19-14-17(3)13-18(15-19)25-24(31)22-23(30)20-7-5-6-8-21(20)27(4)26-22/h5-8,13-16H,9-12H2,1-4H3,(H,25,31). The molecule has 0 spiro atoms. The van der Waals surface area contributed by atoms with E-state index in [1.807, 2.05) is 31.2 Å². The Bertz CT molecular complexity index is 1180. The molecule has 1 aliphatic heterocycles. The number of benzene rings is 2. The first-order valence-corrected chi connectivity index (χ1v) is 10.7. The van der Waals surface area contributed by atoms with Crippen LogP contribution in [0.15, 0.2) is 47.3 Å². The summed E-state index contributed by atoms with van der Waals surface area (Å²) < 4.78 is 1.57. The number of rotatable bonds is 4. The van der Waals surface area contributed by atoms with Gasteiger partial charge in [-0.1, -0.05) is 12.1 Å². The molecule has 0 saturated carbocycles. The quantitative estimate of drug-likeness (QED) is 0.704. The lowest BCUT2D eigenvalue weighted by molar-refractivity contribution is 0.101. The van der Waals surface area contributed by atoms with Crippen molar-refractivity contribution in [3.05, 3.63) is 63.9 Å². The van der Waals surface area contributed by atoms with Gasteiger partial charge in [0.1, 0.15) is 0 Å². The molecule has 31 heavy (non-hydrogen) atoms. The third kappa shape index (κ3) is 4.32. The highest BCUT2D eigenvalue weighted by atomic mass is 16.2. The van der Waals surface area contributed by atoms with Crippen LogP contribution in [0.5, 0.6) is 0 Å². The number of piperazine rings is 1. The van der Waals surface area contributed by atoms with Crippen LogP contribution in [0, 0.1) is 6.92 Å². The SMILES string of the molecule is Cc1cc(NC(=O)c2nn(C)c3ccccc3c2=O)cc(N2CCN(C(C)C)CC2)c1. The average Bonchev–Trinajstić information content (AvgIpc) is 2.76. The number of amides is 1. The van der Waals surface area contributed by atoms with Crippen molar-refractivity contribution in [2.75, 3.05) is 36.4 Å². The Hall–Kier alpha value is -3.19. The highest BCUT2D eigenvalue weighted by Crippen LogP contribution is 2.24. The third-order valence-corrected chi connectivity index (χ3v) is 5.91. The molecule has 2 aromatic carbocycles. The number of carbonyl (C=O) groups is 1. The highest BCUT2D eigenvalue weighted by Gasteiger charge is 2.21. The lowest BCUT2D eigenvalue weighted by atomic mass is 10.1.